The summed E-state index contributed by atoms with van der Waals surface area (Å²) in [7, 11) is 1.91. The minimum atomic E-state index is 0.0620. The first kappa shape index (κ1) is 14.8. The molecule has 0 aromatic rings. The molecule has 0 radical (unpaired) electrons. The number of hydrogen-bond acceptors (Lipinski definition) is 3. The summed E-state index contributed by atoms with van der Waals surface area (Å²) in [6.45, 7) is 4.45. The Morgan fingerprint density at radius 1 is 1.32 bits per heavy atom. The second-order valence-electron chi connectivity index (χ2n) is 6.02. The van der Waals surface area contributed by atoms with E-state index in [4.69, 9.17) is 4.74 Å². The van der Waals surface area contributed by atoms with Gasteiger partial charge in [-0.3, -0.25) is 4.79 Å². The van der Waals surface area contributed by atoms with Crippen LogP contribution in [0.2, 0.25) is 0 Å². The van der Waals surface area contributed by atoms with Gasteiger partial charge in [-0.15, -0.1) is 0 Å². The summed E-state index contributed by atoms with van der Waals surface area (Å²) in [5, 5.41) is 3.11. The number of hydrogen-bond donors (Lipinski definition) is 1. The van der Waals surface area contributed by atoms with E-state index in [-0.39, 0.29) is 12.0 Å². The number of amides is 1. The van der Waals surface area contributed by atoms with Gasteiger partial charge in [0.25, 0.3) is 0 Å². The predicted octanol–water partition coefficient (Wildman–Crippen LogP) is 1.79. The van der Waals surface area contributed by atoms with E-state index in [2.05, 4.69) is 10.2 Å². The van der Waals surface area contributed by atoms with Crippen molar-refractivity contribution >= 4 is 5.91 Å². The molecule has 1 heterocycles. The SMILES string of the molecule is CNCC(C)C(=O)N(CC1CCCO1)C1CCCC1. The summed E-state index contributed by atoms with van der Waals surface area (Å²) < 4.78 is 5.72. The normalized spacial score (nSPS) is 25.7. The lowest BCUT2D eigenvalue weighted by molar-refractivity contribution is -0.139. The Morgan fingerprint density at radius 3 is 2.63 bits per heavy atom. The molecule has 0 aromatic heterocycles. The fourth-order valence-corrected chi connectivity index (χ4v) is 3.32. The van der Waals surface area contributed by atoms with Gasteiger partial charge in [0.2, 0.25) is 5.91 Å². The third kappa shape index (κ3) is 3.93. The molecule has 0 spiro atoms. The smallest absolute Gasteiger partial charge is 0.227 e. The third-order valence-electron chi connectivity index (χ3n) is 4.40. The van der Waals surface area contributed by atoms with Crippen LogP contribution < -0.4 is 5.32 Å². The first-order valence-corrected chi connectivity index (χ1v) is 7.79. The predicted molar refractivity (Wildman–Crippen MR) is 76.0 cm³/mol. The first-order chi connectivity index (χ1) is 9.22. The van der Waals surface area contributed by atoms with Crippen LogP contribution in [0.1, 0.15) is 45.4 Å². The Morgan fingerprint density at radius 2 is 2.05 bits per heavy atom. The van der Waals surface area contributed by atoms with Crippen LogP contribution in [0.3, 0.4) is 0 Å². The van der Waals surface area contributed by atoms with Gasteiger partial charge in [0.15, 0.2) is 0 Å². The van der Waals surface area contributed by atoms with Gasteiger partial charge in [0, 0.05) is 31.7 Å². The Balaban J connectivity index is 1.97. The molecule has 4 nitrogen and oxygen atoms in total. The number of carbonyl (C=O) groups excluding carboxylic acids is 1. The Bertz CT molecular complexity index is 284. The van der Waals surface area contributed by atoms with Gasteiger partial charge >= 0.3 is 0 Å². The van der Waals surface area contributed by atoms with E-state index in [1.807, 2.05) is 14.0 Å². The van der Waals surface area contributed by atoms with Crippen LogP contribution in [-0.4, -0.2) is 49.7 Å². The molecule has 19 heavy (non-hydrogen) atoms. The highest BCUT2D eigenvalue weighted by Crippen LogP contribution is 2.26. The number of carbonyl (C=O) groups is 1. The number of nitrogens with zero attached hydrogens (tertiary/aromatic N) is 1. The molecular weight excluding hydrogens is 240 g/mol. The van der Waals surface area contributed by atoms with Crippen LogP contribution in [-0.2, 0) is 9.53 Å². The van der Waals surface area contributed by atoms with Crippen LogP contribution in [0, 0.1) is 5.92 Å². The van der Waals surface area contributed by atoms with Crippen LogP contribution >= 0.6 is 0 Å². The monoisotopic (exact) mass is 268 g/mol. The summed E-state index contributed by atoms with van der Waals surface area (Å²) in [4.78, 5) is 14.8. The van der Waals surface area contributed by atoms with Gasteiger partial charge < -0.3 is 15.0 Å². The van der Waals surface area contributed by atoms with Crippen LogP contribution in [0.4, 0.5) is 0 Å². The Hall–Kier alpha value is -0.610. The first-order valence-electron chi connectivity index (χ1n) is 7.79. The zero-order chi connectivity index (χ0) is 13.7. The van der Waals surface area contributed by atoms with Gasteiger partial charge in [0.1, 0.15) is 0 Å². The summed E-state index contributed by atoms with van der Waals surface area (Å²) >= 11 is 0. The van der Waals surface area contributed by atoms with Crippen molar-refractivity contribution in [1.29, 1.82) is 0 Å². The molecular formula is C15H28N2O2. The van der Waals surface area contributed by atoms with Crippen molar-refractivity contribution in [2.45, 2.75) is 57.6 Å². The summed E-state index contributed by atoms with van der Waals surface area (Å²) in [6.07, 6.45) is 7.39. The lowest BCUT2D eigenvalue weighted by Gasteiger charge is -2.33. The topological polar surface area (TPSA) is 41.6 Å². The summed E-state index contributed by atoms with van der Waals surface area (Å²) in [5.41, 5.74) is 0. The number of ether oxygens (including phenoxy) is 1. The largest absolute Gasteiger partial charge is 0.376 e. The number of rotatable bonds is 6. The van der Waals surface area contributed by atoms with Crippen molar-refractivity contribution in [3.63, 3.8) is 0 Å². The molecule has 110 valence electrons. The zero-order valence-corrected chi connectivity index (χ0v) is 12.4. The van der Waals surface area contributed by atoms with E-state index in [1.165, 1.54) is 25.7 Å². The molecule has 2 aliphatic rings. The van der Waals surface area contributed by atoms with Crippen molar-refractivity contribution in [1.82, 2.24) is 10.2 Å². The highest BCUT2D eigenvalue weighted by molar-refractivity contribution is 5.79. The quantitative estimate of drug-likeness (QED) is 0.798. The van der Waals surface area contributed by atoms with Crippen molar-refractivity contribution in [2.24, 2.45) is 5.92 Å². The van der Waals surface area contributed by atoms with Crippen molar-refractivity contribution in [3.8, 4) is 0 Å². The van der Waals surface area contributed by atoms with Gasteiger partial charge in [-0.05, 0) is 32.7 Å². The summed E-state index contributed by atoms with van der Waals surface area (Å²) in [6, 6.07) is 0.455. The maximum absolute atomic E-state index is 12.6. The van der Waals surface area contributed by atoms with Crippen molar-refractivity contribution in [2.75, 3.05) is 26.7 Å². The highest BCUT2D eigenvalue weighted by atomic mass is 16.5. The van der Waals surface area contributed by atoms with Gasteiger partial charge in [-0.25, -0.2) is 0 Å². The van der Waals surface area contributed by atoms with E-state index < -0.39 is 0 Å². The zero-order valence-electron chi connectivity index (χ0n) is 12.4. The Kier molecular flexibility index (Phi) is 5.64. The third-order valence-corrected chi connectivity index (χ3v) is 4.40. The molecule has 2 atom stereocenters. The van der Waals surface area contributed by atoms with Gasteiger partial charge in [-0.2, -0.15) is 0 Å². The molecule has 0 aromatic carbocycles. The number of nitrogens with one attached hydrogen (secondary N) is 1. The van der Waals surface area contributed by atoms with Gasteiger partial charge in [0.05, 0.1) is 6.10 Å². The minimum Gasteiger partial charge on any atom is -0.376 e. The average Bonchev–Trinajstić information content (AvgIpc) is 3.08. The molecule has 1 aliphatic carbocycles. The van der Waals surface area contributed by atoms with Crippen LogP contribution in [0.5, 0.6) is 0 Å². The van der Waals surface area contributed by atoms with Crippen LogP contribution in [0.25, 0.3) is 0 Å². The molecule has 0 bridgehead atoms. The maximum atomic E-state index is 12.6. The fraction of sp³-hybridized carbons (Fsp3) is 0.933. The molecule has 2 rings (SSSR count). The van der Waals surface area contributed by atoms with Crippen molar-refractivity contribution in [3.05, 3.63) is 0 Å². The second-order valence-corrected chi connectivity index (χ2v) is 6.02. The highest BCUT2D eigenvalue weighted by Gasteiger charge is 2.32. The van der Waals surface area contributed by atoms with E-state index in [1.54, 1.807) is 0 Å². The molecule has 2 fully saturated rings. The standard InChI is InChI=1S/C15H28N2O2/c1-12(10-16-2)15(18)17(13-6-3-4-7-13)11-14-8-5-9-19-14/h12-14,16H,3-11H2,1-2H3. The lowest BCUT2D eigenvalue weighted by atomic mass is 10.1. The Labute approximate surface area is 116 Å². The van der Waals surface area contributed by atoms with Crippen molar-refractivity contribution < 1.29 is 9.53 Å². The van der Waals surface area contributed by atoms with E-state index in [0.717, 1.165) is 32.5 Å². The second kappa shape index (κ2) is 7.25. The fourth-order valence-electron chi connectivity index (χ4n) is 3.32. The summed E-state index contributed by atoms with van der Waals surface area (Å²) in [5.74, 6) is 0.365. The average molecular weight is 268 g/mol. The van der Waals surface area contributed by atoms with E-state index >= 15 is 0 Å². The lowest BCUT2D eigenvalue weighted by Crippen LogP contribution is -2.47. The molecule has 1 saturated carbocycles. The maximum Gasteiger partial charge on any atom is 0.227 e. The van der Waals surface area contributed by atoms with E-state index in [0.29, 0.717) is 11.9 Å². The molecule has 1 saturated heterocycles. The molecule has 1 N–H and O–H groups in total. The molecule has 2 unspecified atom stereocenters. The molecule has 1 amide bonds. The van der Waals surface area contributed by atoms with Gasteiger partial charge in [-0.1, -0.05) is 19.8 Å². The molecule has 4 heteroatoms. The van der Waals surface area contributed by atoms with E-state index in [9.17, 15) is 4.79 Å². The molecule has 1 aliphatic heterocycles. The van der Waals surface area contributed by atoms with Crippen LogP contribution in [0.15, 0.2) is 0 Å². The minimum absolute atomic E-state index is 0.0620.